The molecule has 6 heteroatoms. The number of hydrogen-bond acceptors (Lipinski definition) is 4. The van der Waals surface area contributed by atoms with Gasteiger partial charge in [-0.2, -0.15) is 0 Å². The van der Waals surface area contributed by atoms with E-state index in [2.05, 4.69) is 6.58 Å². The molecule has 0 fully saturated rings. The van der Waals surface area contributed by atoms with E-state index < -0.39 is 17.9 Å². The molecule has 6 nitrogen and oxygen atoms in total. The Morgan fingerprint density at radius 1 is 1.20 bits per heavy atom. The first-order valence-electron chi connectivity index (χ1n) is 7.54. The van der Waals surface area contributed by atoms with Gasteiger partial charge < -0.3 is 14.9 Å². The van der Waals surface area contributed by atoms with Gasteiger partial charge >= 0.3 is 11.9 Å². The summed E-state index contributed by atoms with van der Waals surface area (Å²) in [5.41, 5.74) is 2.01. The van der Waals surface area contributed by atoms with Crippen LogP contribution in [0.2, 0.25) is 0 Å². The SMILES string of the molecule is C=COC(=O)c1cccc(C(C)(C)C)c1C/C=C/C(=O)O.CC(=O)O. The van der Waals surface area contributed by atoms with Gasteiger partial charge in [-0.25, -0.2) is 9.59 Å². The van der Waals surface area contributed by atoms with E-state index in [-0.39, 0.29) is 5.41 Å². The van der Waals surface area contributed by atoms with Crippen LogP contribution in [0.25, 0.3) is 0 Å². The Hall–Kier alpha value is -2.89. The minimum atomic E-state index is -1.02. The van der Waals surface area contributed by atoms with Crippen LogP contribution in [-0.2, 0) is 26.2 Å². The average Bonchev–Trinajstić information content (AvgIpc) is 2.45. The van der Waals surface area contributed by atoms with Gasteiger partial charge in [-0.15, -0.1) is 0 Å². The summed E-state index contributed by atoms with van der Waals surface area (Å²) in [6, 6.07) is 5.41. The zero-order chi connectivity index (χ0) is 19.6. The highest BCUT2D eigenvalue weighted by atomic mass is 16.5. The van der Waals surface area contributed by atoms with Crippen molar-refractivity contribution in [2.75, 3.05) is 0 Å². The Labute approximate surface area is 147 Å². The van der Waals surface area contributed by atoms with Crippen LogP contribution in [0.4, 0.5) is 0 Å². The van der Waals surface area contributed by atoms with E-state index in [1.54, 1.807) is 12.1 Å². The van der Waals surface area contributed by atoms with Gasteiger partial charge in [0, 0.05) is 13.0 Å². The van der Waals surface area contributed by atoms with Crippen LogP contribution in [0.15, 0.2) is 43.2 Å². The number of esters is 1. The lowest BCUT2D eigenvalue weighted by Crippen LogP contribution is -2.17. The maximum atomic E-state index is 12.0. The van der Waals surface area contributed by atoms with Crippen molar-refractivity contribution in [3.8, 4) is 0 Å². The zero-order valence-electron chi connectivity index (χ0n) is 14.9. The molecule has 1 aromatic rings. The lowest BCUT2D eigenvalue weighted by atomic mass is 9.81. The first-order valence-corrected chi connectivity index (χ1v) is 7.54. The molecule has 25 heavy (non-hydrogen) atoms. The first-order chi connectivity index (χ1) is 11.5. The number of carbonyl (C=O) groups excluding carboxylic acids is 1. The van der Waals surface area contributed by atoms with E-state index in [9.17, 15) is 9.59 Å². The highest BCUT2D eigenvalue weighted by Gasteiger charge is 2.22. The van der Waals surface area contributed by atoms with Gasteiger partial charge in [-0.3, -0.25) is 4.79 Å². The Kier molecular flexibility index (Phi) is 8.91. The van der Waals surface area contributed by atoms with Crippen LogP contribution in [0, 0.1) is 0 Å². The van der Waals surface area contributed by atoms with Crippen molar-refractivity contribution in [1.29, 1.82) is 0 Å². The van der Waals surface area contributed by atoms with Gasteiger partial charge in [0.15, 0.2) is 0 Å². The molecule has 1 rings (SSSR count). The topological polar surface area (TPSA) is 101 Å². The summed E-state index contributed by atoms with van der Waals surface area (Å²) in [6.45, 7) is 10.6. The zero-order valence-corrected chi connectivity index (χ0v) is 14.9. The molecule has 0 aliphatic rings. The van der Waals surface area contributed by atoms with E-state index in [0.29, 0.717) is 12.0 Å². The van der Waals surface area contributed by atoms with Crippen molar-refractivity contribution in [3.63, 3.8) is 0 Å². The summed E-state index contributed by atoms with van der Waals surface area (Å²) in [5, 5.41) is 16.1. The molecule has 0 bridgehead atoms. The third-order valence-corrected chi connectivity index (χ3v) is 2.98. The van der Waals surface area contributed by atoms with Gasteiger partial charge in [0.05, 0.1) is 11.8 Å². The lowest BCUT2D eigenvalue weighted by molar-refractivity contribution is -0.134. The second-order valence-electron chi connectivity index (χ2n) is 6.12. The van der Waals surface area contributed by atoms with Crippen LogP contribution >= 0.6 is 0 Å². The van der Waals surface area contributed by atoms with Crippen LogP contribution < -0.4 is 0 Å². The van der Waals surface area contributed by atoms with E-state index in [4.69, 9.17) is 19.7 Å². The lowest BCUT2D eigenvalue weighted by Gasteiger charge is -2.24. The summed E-state index contributed by atoms with van der Waals surface area (Å²) >= 11 is 0. The third kappa shape index (κ3) is 8.50. The molecule has 0 saturated heterocycles. The Morgan fingerprint density at radius 3 is 2.20 bits per heavy atom. The predicted octanol–water partition coefficient (Wildman–Crippen LogP) is 3.56. The maximum absolute atomic E-state index is 12.0. The molecule has 0 unspecified atom stereocenters. The largest absolute Gasteiger partial charge is 0.481 e. The van der Waals surface area contributed by atoms with E-state index in [0.717, 1.165) is 30.4 Å². The van der Waals surface area contributed by atoms with Crippen molar-refractivity contribution < 1.29 is 29.3 Å². The molecule has 0 amide bonds. The highest BCUT2D eigenvalue weighted by molar-refractivity contribution is 5.92. The monoisotopic (exact) mass is 348 g/mol. The molecule has 0 radical (unpaired) electrons. The Balaban J connectivity index is 0.00000129. The van der Waals surface area contributed by atoms with Crippen molar-refractivity contribution in [2.24, 2.45) is 0 Å². The summed E-state index contributed by atoms with van der Waals surface area (Å²) in [5.74, 6) is -2.34. The van der Waals surface area contributed by atoms with E-state index in [1.165, 1.54) is 6.08 Å². The molecule has 2 N–H and O–H groups in total. The van der Waals surface area contributed by atoms with Crippen molar-refractivity contribution in [2.45, 2.75) is 39.5 Å². The summed E-state index contributed by atoms with van der Waals surface area (Å²) in [7, 11) is 0. The number of rotatable bonds is 5. The molecule has 0 aromatic heterocycles. The van der Waals surface area contributed by atoms with Gasteiger partial charge in [0.2, 0.25) is 0 Å². The van der Waals surface area contributed by atoms with Gasteiger partial charge in [-0.05, 0) is 29.0 Å². The average molecular weight is 348 g/mol. The minimum absolute atomic E-state index is 0.170. The fourth-order valence-electron chi connectivity index (χ4n) is 2.12. The minimum Gasteiger partial charge on any atom is -0.481 e. The molecule has 0 saturated carbocycles. The van der Waals surface area contributed by atoms with Gasteiger partial charge in [-0.1, -0.05) is 45.6 Å². The smallest absolute Gasteiger partial charge is 0.343 e. The summed E-state index contributed by atoms with van der Waals surface area (Å²) < 4.78 is 4.85. The van der Waals surface area contributed by atoms with Gasteiger partial charge in [0.1, 0.15) is 0 Å². The number of aliphatic carboxylic acids is 2. The molecule has 136 valence electrons. The Morgan fingerprint density at radius 2 is 1.76 bits per heavy atom. The predicted molar refractivity (Wildman–Crippen MR) is 94.5 cm³/mol. The molecule has 1 aromatic carbocycles. The van der Waals surface area contributed by atoms with Crippen molar-refractivity contribution in [1.82, 2.24) is 0 Å². The number of hydrogen-bond donors (Lipinski definition) is 2. The summed E-state index contributed by atoms with van der Waals surface area (Å²) in [6.07, 6.45) is 4.03. The van der Waals surface area contributed by atoms with E-state index in [1.807, 2.05) is 26.8 Å². The number of carbonyl (C=O) groups is 3. The molecule has 0 aliphatic heterocycles. The first kappa shape index (κ1) is 22.1. The van der Waals surface area contributed by atoms with Crippen LogP contribution in [0.1, 0.15) is 49.2 Å². The van der Waals surface area contributed by atoms with Crippen molar-refractivity contribution >= 4 is 17.9 Å². The molecule has 0 spiro atoms. The molecular formula is C19H24O6. The third-order valence-electron chi connectivity index (χ3n) is 2.98. The number of benzene rings is 1. The molecule has 0 atom stereocenters. The van der Waals surface area contributed by atoms with Crippen LogP contribution in [0.5, 0.6) is 0 Å². The normalized spacial score (nSPS) is 10.6. The quantitative estimate of drug-likeness (QED) is 0.479. The molecule has 0 aliphatic carbocycles. The number of carboxylic acid groups (broad SMARTS) is 2. The maximum Gasteiger partial charge on any atom is 0.343 e. The van der Waals surface area contributed by atoms with Gasteiger partial charge in [0.25, 0.3) is 5.97 Å². The number of carboxylic acids is 2. The second kappa shape index (κ2) is 10.1. The fourth-order valence-corrected chi connectivity index (χ4v) is 2.12. The Bertz CT molecular complexity index is 661. The molecular weight excluding hydrogens is 324 g/mol. The second-order valence-corrected chi connectivity index (χ2v) is 6.12. The van der Waals surface area contributed by atoms with Crippen molar-refractivity contribution in [3.05, 3.63) is 59.9 Å². The molecule has 0 heterocycles. The van der Waals surface area contributed by atoms with Crippen LogP contribution in [0.3, 0.4) is 0 Å². The highest BCUT2D eigenvalue weighted by Crippen LogP contribution is 2.29. The fraction of sp³-hybridized carbons (Fsp3) is 0.316. The number of allylic oxidation sites excluding steroid dienone is 1. The standard InChI is InChI=1S/C17H20O4.C2H4O2/c1-5-21-16(20)13-9-6-10-14(17(2,3)4)12(13)8-7-11-15(18)19;1-2(3)4/h5-7,9-11H,1,8H2,2-4H3,(H,18,19);1H3,(H,3,4)/b11-7+;. The number of ether oxygens (including phenoxy) is 1. The van der Waals surface area contributed by atoms with Crippen LogP contribution in [-0.4, -0.2) is 28.1 Å². The summed E-state index contributed by atoms with van der Waals surface area (Å²) in [4.78, 5) is 31.6. The van der Waals surface area contributed by atoms with E-state index >= 15 is 0 Å².